The van der Waals surface area contributed by atoms with Crippen LogP contribution in [0.2, 0.25) is 16.6 Å². The number of nitrogens with zero attached hydrogens (tertiary/aromatic N) is 1. The van der Waals surface area contributed by atoms with E-state index in [1.165, 1.54) is 6.08 Å². The Labute approximate surface area is 226 Å². The van der Waals surface area contributed by atoms with Crippen molar-refractivity contribution >= 4 is 25.8 Å². The van der Waals surface area contributed by atoms with Gasteiger partial charge in [0.2, 0.25) is 0 Å². The number of epoxide rings is 1. The molecule has 4 bridgehead atoms. The van der Waals surface area contributed by atoms with Crippen LogP contribution in [0, 0.1) is 35.5 Å². The molecule has 5 rings (SSSR count). The fraction of sp³-hybridized carbons (Fsp3) is 0.516. The largest absolute Gasteiger partial charge is 0.515 e. The van der Waals surface area contributed by atoms with E-state index in [1.54, 1.807) is 31.4 Å². The second-order valence-corrected chi connectivity index (χ2v) is 17.0. The molecule has 1 fully saturated rings. The molecule has 6 nitrogen and oxygen atoms in total. The smallest absolute Gasteiger partial charge is 0.324 e. The van der Waals surface area contributed by atoms with Crippen molar-refractivity contribution in [2.24, 2.45) is 16.8 Å². The monoisotopic (exact) mass is 529 g/mol. The lowest BCUT2D eigenvalue weighted by Crippen LogP contribution is -2.56. The van der Waals surface area contributed by atoms with Crippen molar-refractivity contribution in [1.29, 1.82) is 0 Å². The predicted octanol–water partition coefficient (Wildman–Crippen LogP) is 4.84. The fourth-order valence-electron chi connectivity index (χ4n) is 7.50. The quantitative estimate of drug-likeness (QED) is 0.213. The summed E-state index contributed by atoms with van der Waals surface area (Å²) < 4.78 is 19.4. The van der Waals surface area contributed by atoms with Gasteiger partial charge in [0.15, 0.2) is 5.78 Å². The number of carbonyl (C=O) groups is 2. The van der Waals surface area contributed by atoms with Gasteiger partial charge in [0.25, 0.3) is 8.32 Å². The molecular weight excluding hydrogens is 494 g/mol. The highest BCUT2D eigenvalue weighted by molar-refractivity contribution is 6.79. The lowest BCUT2D eigenvalue weighted by molar-refractivity contribution is -0.132. The summed E-state index contributed by atoms with van der Waals surface area (Å²) in [5, 5.41) is 0. The van der Waals surface area contributed by atoms with E-state index in [0.717, 1.165) is 0 Å². The van der Waals surface area contributed by atoms with Crippen LogP contribution < -0.4 is 0 Å². The Kier molecular flexibility index (Phi) is 6.25. The number of carbonyl (C=O) groups excluding carboxylic acids is 2. The van der Waals surface area contributed by atoms with Gasteiger partial charge in [0.05, 0.1) is 18.4 Å². The van der Waals surface area contributed by atoms with Crippen LogP contribution in [0.3, 0.4) is 0 Å². The highest BCUT2D eigenvalue weighted by Crippen LogP contribution is 2.71. The van der Waals surface area contributed by atoms with Crippen LogP contribution in [0.25, 0.3) is 0 Å². The van der Waals surface area contributed by atoms with Crippen molar-refractivity contribution < 1.29 is 23.5 Å². The van der Waals surface area contributed by atoms with E-state index in [2.05, 4.69) is 65.2 Å². The molecule has 0 spiro atoms. The maximum atomic E-state index is 14.3. The summed E-state index contributed by atoms with van der Waals surface area (Å²) in [5.74, 6) is 11.5. The SMILES string of the molecule is COC1=C(C(=O)O[Si](C(C)C)(C(C)C)C(C)C)[C@H](C)[C@@]23O[C@]24C2=CC(=O)C=CC2=N[C@H]3C#C/C=C\C#C[C@@H]14. The van der Waals surface area contributed by atoms with E-state index in [-0.39, 0.29) is 28.4 Å². The van der Waals surface area contributed by atoms with Crippen LogP contribution in [0.15, 0.2) is 52.3 Å². The number of fused-ring (bicyclic) bond motifs is 1. The standard InChI is InChI=1S/C31H35NO5Si/c1-18(2)38(19(3)4,20(5)6)36-29(34)27-21(7)30-26-14-12-10-9-11-13-23(28(27)35-8)31(30,37-30)24-17-22(33)15-16-25(24)32-26/h9-10,15-21,23,26H,1-8H3/b10-9-/t21-,23-,26-,30-,31+/m0/s1. The molecule has 38 heavy (non-hydrogen) atoms. The van der Waals surface area contributed by atoms with Crippen molar-refractivity contribution in [3.63, 3.8) is 0 Å². The number of ketones is 1. The van der Waals surface area contributed by atoms with Crippen LogP contribution in [0.5, 0.6) is 0 Å². The molecule has 2 heterocycles. The zero-order valence-corrected chi connectivity index (χ0v) is 24.3. The van der Waals surface area contributed by atoms with Crippen molar-refractivity contribution in [2.45, 2.75) is 82.3 Å². The second kappa shape index (κ2) is 8.97. The van der Waals surface area contributed by atoms with Crippen LogP contribution in [0.4, 0.5) is 0 Å². The molecule has 0 aromatic heterocycles. The van der Waals surface area contributed by atoms with Gasteiger partial charge in [-0.05, 0) is 47.0 Å². The number of allylic oxidation sites excluding steroid dienone is 5. The Hall–Kier alpha value is -3.13. The minimum atomic E-state index is -2.55. The van der Waals surface area contributed by atoms with Gasteiger partial charge in [-0.15, -0.1) is 0 Å². The molecule has 3 aliphatic carbocycles. The van der Waals surface area contributed by atoms with E-state index in [9.17, 15) is 9.59 Å². The highest BCUT2D eigenvalue weighted by atomic mass is 28.4. The van der Waals surface area contributed by atoms with Crippen molar-refractivity contribution in [3.8, 4) is 23.7 Å². The predicted molar refractivity (Wildman–Crippen MR) is 149 cm³/mol. The zero-order chi connectivity index (χ0) is 27.6. The maximum absolute atomic E-state index is 14.3. The van der Waals surface area contributed by atoms with Crippen molar-refractivity contribution in [1.82, 2.24) is 0 Å². The lowest BCUT2D eigenvalue weighted by atomic mass is 9.59. The van der Waals surface area contributed by atoms with Gasteiger partial charge in [0, 0.05) is 11.5 Å². The summed E-state index contributed by atoms with van der Waals surface area (Å²) in [7, 11) is -0.989. The molecule has 7 heteroatoms. The molecule has 2 aliphatic heterocycles. The molecule has 0 aromatic rings. The molecule has 0 amide bonds. The van der Waals surface area contributed by atoms with E-state index in [1.807, 2.05) is 6.92 Å². The third kappa shape index (κ3) is 3.28. The van der Waals surface area contributed by atoms with Crippen LogP contribution in [0.1, 0.15) is 48.5 Å². The minimum absolute atomic E-state index is 0.136. The second-order valence-electron chi connectivity index (χ2n) is 11.6. The molecule has 0 radical (unpaired) electrons. The Morgan fingerprint density at radius 1 is 1.05 bits per heavy atom. The molecule has 1 saturated heterocycles. The lowest BCUT2D eigenvalue weighted by Gasteiger charge is -2.44. The summed E-state index contributed by atoms with van der Waals surface area (Å²) in [6.07, 6.45) is 8.18. The molecule has 5 atom stereocenters. The minimum Gasteiger partial charge on any atom is -0.515 e. The van der Waals surface area contributed by atoms with E-state index in [0.29, 0.717) is 22.6 Å². The van der Waals surface area contributed by atoms with E-state index in [4.69, 9.17) is 18.9 Å². The molecule has 0 saturated carbocycles. The molecule has 198 valence electrons. The van der Waals surface area contributed by atoms with Crippen LogP contribution >= 0.6 is 0 Å². The average molecular weight is 530 g/mol. The first-order valence-electron chi connectivity index (χ1n) is 13.4. The molecule has 0 aromatic carbocycles. The topological polar surface area (TPSA) is 77.5 Å². The fourth-order valence-corrected chi connectivity index (χ4v) is 12.6. The summed E-state index contributed by atoms with van der Waals surface area (Å²) in [6, 6.07) is -0.557. The Balaban J connectivity index is 1.73. The highest BCUT2D eigenvalue weighted by Gasteiger charge is 2.85. The van der Waals surface area contributed by atoms with Gasteiger partial charge in [0.1, 0.15) is 28.9 Å². The summed E-state index contributed by atoms with van der Waals surface area (Å²) in [5.41, 5.74) is 0.476. The number of aliphatic imine (C=N–C) groups is 1. The van der Waals surface area contributed by atoms with Gasteiger partial charge in [-0.3, -0.25) is 9.79 Å². The van der Waals surface area contributed by atoms with E-state index < -0.39 is 37.4 Å². The first-order valence-corrected chi connectivity index (χ1v) is 15.5. The first-order chi connectivity index (χ1) is 18.0. The third-order valence-electron chi connectivity index (χ3n) is 9.04. The number of methoxy groups -OCH3 is 1. The zero-order valence-electron chi connectivity index (χ0n) is 23.3. The summed E-state index contributed by atoms with van der Waals surface area (Å²) in [6.45, 7) is 14.9. The normalized spacial score (nSPS) is 33.2. The Morgan fingerprint density at radius 3 is 2.29 bits per heavy atom. The van der Waals surface area contributed by atoms with Gasteiger partial charge in [-0.1, -0.05) is 72.1 Å². The van der Waals surface area contributed by atoms with E-state index >= 15 is 0 Å². The van der Waals surface area contributed by atoms with Crippen molar-refractivity contribution in [2.75, 3.05) is 7.11 Å². The Bertz CT molecular complexity index is 1370. The average Bonchev–Trinajstić information content (AvgIpc) is 3.58. The maximum Gasteiger partial charge on any atom is 0.324 e. The molecular formula is C31H35NO5Si. The molecule has 0 N–H and O–H groups in total. The molecule has 0 unspecified atom stereocenters. The van der Waals surface area contributed by atoms with Gasteiger partial charge < -0.3 is 13.9 Å². The van der Waals surface area contributed by atoms with Crippen LogP contribution in [-0.2, 0) is 23.5 Å². The first kappa shape index (κ1) is 26.5. The summed E-state index contributed by atoms with van der Waals surface area (Å²) >= 11 is 0. The summed E-state index contributed by atoms with van der Waals surface area (Å²) in [4.78, 5) is 31.8. The van der Waals surface area contributed by atoms with Gasteiger partial charge in [-0.25, -0.2) is 4.79 Å². The number of hydrogen-bond acceptors (Lipinski definition) is 6. The van der Waals surface area contributed by atoms with Gasteiger partial charge >= 0.3 is 5.97 Å². The third-order valence-corrected chi connectivity index (χ3v) is 15.0. The number of ether oxygens (including phenoxy) is 2. The van der Waals surface area contributed by atoms with Crippen LogP contribution in [-0.4, -0.2) is 50.1 Å². The number of hydrogen-bond donors (Lipinski definition) is 0. The van der Waals surface area contributed by atoms with Gasteiger partial charge in [-0.2, -0.15) is 0 Å². The number of rotatable bonds is 6. The van der Waals surface area contributed by atoms with Crippen molar-refractivity contribution in [3.05, 3.63) is 47.3 Å². The Morgan fingerprint density at radius 2 is 1.68 bits per heavy atom. The molecule has 5 aliphatic rings.